The summed E-state index contributed by atoms with van der Waals surface area (Å²) in [5, 5.41) is 25.7. The van der Waals surface area contributed by atoms with Crippen molar-refractivity contribution in [2.24, 2.45) is 15.0 Å². The van der Waals surface area contributed by atoms with Gasteiger partial charge in [-0.05, 0) is 0 Å². The third kappa shape index (κ3) is 4.70. The molecule has 0 heterocycles. The van der Waals surface area contributed by atoms with Crippen molar-refractivity contribution in [3.63, 3.8) is 0 Å². The van der Waals surface area contributed by atoms with Gasteiger partial charge in [0.05, 0.1) is 6.42 Å². The van der Waals surface area contributed by atoms with Gasteiger partial charge < -0.3 is 15.3 Å². The summed E-state index contributed by atoms with van der Waals surface area (Å²) in [5.41, 5.74) is 0. The van der Waals surface area contributed by atoms with Crippen molar-refractivity contribution < 1.29 is 29.7 Å². The fourth-order valence-electron chi connectivity index (χ4n) is 0.731. The zero-order valence-corrected chi connectivity index (χ0v) is 7.12. The van der Waals surface area contributed by atoms with E-state index in [2.05, 4.69) is 15.0 Å². The topological polar surface area (TPSA) is 149 Å². The van der Waals surface area contributed by atoms with E-state index in [0.717, 1.165) is 18.2 Å². The Hall–Kier alpha value is -1.98. The van der Waals surface area contributed by atoms with Gasteiger partial charge in [-0.1, -0.05) is 0 Å². The maximum absolute atomic E-state index is 9.94. The molecule has 0 spiro atoms. The highest BCUT2D eigenvalue weighted by Crippen LogP contribution is 2.23. The van der Waals surface area contributed by atoms with Gasteiger partial charge in [-0.3, -0.25) is 0 Å². The lowest BCUT2D eigenvalue weighted by atomic mass is 10.2. The number of hydrogen-bond acceptors (Lipinski definition) is 9. The average molecular weight is 215 g/mol. The second-order valence-corrected chi connectivity index (χ2v) is 2.33. The van der Waals surface area contributed by atoms with E-state index < -0.39 is 18.2 Å². The van der Waals surface area contributed by atoms with E-state index in [1.165, 1.54) is 0 Å². The predicted octanol–water partition coefficient (Wildman–Crippen LogP) is -2.33. The number of hydrogen-bond donors (Lipinski definition) is 3. The molecule has 9 nitrogen and oxygen atoms in total. The molecule has 0 fully saturated rings. The van der Waals surface area contributed by atoms with E-state index in [1.807, 2.05) is 0 Å². The number of isocyanates is 3. The van der Waals surface area contributed by atoms with Crippen LogP contribution in [0.2, 0.25) is 0 Å². The van der Waals surface area contributed by atoms with E-state index >= 15 is 0 Å². The van der Waals surface area contributed by atoms with Crippen LogP contribution in [0.5, 0.6) is 0 Å². The van der Waals surface area contributed by atoms with Crippen LogP contribution in [0.15, 0.2) is 15.0 Å². The second kappa shape index (κ2) is 5.04. The Bertz CT molecular complexity index is 321. The highest BCUT2D eigenvalue weighted by Gasteiger charge is 2.39. The third-order valence-corrected chi connectivity index (χ3v) is 1.15. The molecule has 0 saturated carbocycles. The van der Waals surface area contributed by atoms with Crippen LogP contribution in [0, 0.1) is 0 Å². The van der Waals surface area contributed by atoms with Crippen molar-refractivity contribution in [1.29, 1.82) is 0 Å². The zero-order chi connectivity index (χ0) is 11.9. The molecular formula is C6H5N3O6. The molecule has 15 heavy (non-hydrogen) atoms. The van der Waals surface area contributed by atoms with Gasteiger partial charge in [0.2, 0.25) is 18.2 Å². The van der Waals surface area contributed by atoms with Gasteiger partial charge in [-0.2, -0.15) is 0 Å². The lowest BCUT2D eigenvalue weighted by Crippen LogP contribution is -2.37. The summed E-state index contributed by atoms with van der Waals surface area (Å²) in [7, 11) is 0. The largest absolute Gasteiger partial charge is 0.343 e. The number of nitrogens with zero attached hydrogens (tertiary/aromatic N) is 3. The van der Waals surface area contributed by atoms with Crippen LogP contribution in [0.3, 0.4) is 0 Å². The SMILES string of the molecule is O=C=NC(CC(O)(O)O)(N=C=O)N=C=O. The van der Waals surface area contributed by atoms with Crippen LogP contribution >= 0.6 is 0 Å². The molecule has 0 aliphatic carbocycles. The van der Waals surface area contributed by atoms with Crippen molar-refractivity contribution in [3.05, 3.63) is 0 Å². The molecule has 80 valence electrons. The van der Waals surface area contributed by atoms with Crippen LogP contribution < -0.4 is 0 Å². The van der Waals surface area contributed by atoms with E-state index in [1.54, 1.807) is 0 Å². The molecule has 0 atom stereocenters. The maximum atomic E-state index is 9.94. The predicted molar refractivity (Wildman–Crippen MR) is 41.1 cm³/mol. The molecule has 0 rings (SSSR count). The first kappa shape index (κ1) is 13.0. The van der Waals surface area contributed by atoms with Gasteiger partial charge in [0.1, 0.15) is 0 Å². The fraction of sp³-hybridized carbons (Fsp3) is 0.500. The van der Waals surface area contributed by atoms with Crippen molar-refractivity contribution >= 4 is 18.2 Å². The Morgan fingerprint density at radius 2 is 1.20 bits per heavy atom. The first-order valence-electron chi connectivity index (χ1n) is 3.33. The maximum Gasteiger partial charge on any atom is 0.285 e. The van der Waals surface area contributed by atoms with E-state index in [4.69, 9.17) is 15.3 Å². The Balaban J connectivity index is 5.40. The lowest BCUT2D eigenvalue weighted by Gasteiger charge is -2.21. The Morgan fingerprint density at radius 1 is 0.867 bits per heavy atom. The third-order valence-electron chi connectivity index (χ3n) is 1.15. The Morgan fingerprint density at radius 3 is 1.40 bits per heavy atom. The minimum absolute atomic E-state index is 0.897. The molecule has 0 aliphatic heterocycles. The van der Waals surface area contributed by atoms with Gasteiger partial charge >= 0.3 is 0 Å². The van der Waals surface area contributed by atoms with Crippen LogP contribution in [0.4, 0.5) is 0 Å². The molecule has 0 bridgehead atoms. The van der Waals surface area contributed by atoms with Crippen molar-refractivity contribution in [3.8, 4) is 0 Å². The standard InChI is InChI=1S/C6H5N3O6/c10-2-7-5(8-3-11,9-4-12)1-6(13,14)15/h13-15H,1H2. The summed E-state index contributed by atoms with van der Waals surface area (Å²) in [6.45, 7) is 0. The number of aliphatic hydroxyl groups is 3. The summed E-state index contributed by atoms with van der Waals surface area (Å²) in [6.07, 6.45) is 1.47. The molecule has 0 amide bonds. The number of carbonyl (C=O) groups excluding carboxylic acids is 3. The lowest BCUT2D eigenvalue weighted by molar-refractivity contribution is -0.320. The second-order valence-electron chi connectivity index (χ2n) is 2.33. The Kier molecular flexibility index (Phi) is 4.37. The monoisotopic (exact) mass is 215 g/mol. The molecular weight excluding hydrogens is 210 g/mol. The van der Waals surface area contributed by atoms with Gasteiger partial charge in [-0.25, -0.2) is 14.4 Å². The summed E-state index contributed by atoms with van der Waals surface area (Å²) < 4.78 is 0. The molecule has 3 N–H and O–H groups in total. The summed E-state index contributed by atoms with van der Waals surface area (Å²) in [5.74, 6) is -5.84. The summed E-state index contributed by atoms with van der Waals surface area (Å²) >= 11 is 0. The van der Waals surface area contributed by atoms with Gasteiger partial charge in [0.15, 0.2) is 0 Å². The summed E-state index contributed by atoms with van der Waals surface area (Å²) in [4.78, 5) is 38.1. The minimum atomic E-state index is -3.33. The first-order chi connectivity index (χ1) is 6.89. The summed E-state index contributed by atoms with van der Waals surface area (Å²) in [6, 6.07) is 0. The molecule has 0 saturated heterocycles. The van der Waals surface area contributed by atoms with Crippen molar-refractivity contribution in [2.45, 2.75) is 18.2 Å². The molecule has 0 radical (unpaired) electrons. The number of rotatable bonds is 5. The fourth-order valence-corrected chi connectivity index (χ4v) is 0.731. The van der Waals surface area contributed by atoms with E-state index in [0.29, 0.717) is 0 Å². The molecule has 0 aromatic rings. The van der Waals surface area contributed by atoms with Crippen LogP contribution in [0.25, 0.3) is 0 Å². The first-order valence-corrected chi connectivity index (χ1v) is 3.33. The van der Waals surface area contributed by atoms with Gasteiger partial charge in [-0.15, -0.1) is 15.0 Å². The molecule has 0 aliphatic rings. The van der Waals surface area contributed by atoms with Crippen LogP contribution in [0.1, 0.15) is 6.42 Å². The van der Waals surface area contributed by atoms with Gasteiger partial charge in [0, 0.05) is 0 Å². The van der Waals surface area contributed by atoms with Crippen molar-refractivity contribution in [2.75, 3.05) is 0 Å². The van der Waals surface area contributed by atoms with Crippen LogP contribution in [-0.2, 0) is 14.4 Å². The normalized spacial score (nSPS) is 13.8. The molecule has 0 aromatic heterocycles. The molecule has 0 aromatic carbocycles. The smallest absolute Gasteiger partial charge is 0.285 e. The van der Waals surface area contributed by atoms with E-state index in [9.17, 15) is 14.4 Å². The van der Waals surface area contributed by atoms with Crippen molar-refractivity contribution in [1.82, 2.24) is 0 Å². The zero-order valence-electron chi connectivity index (χ0n) is 7.12. The molecule has 9 heteroatoms. The highest BCUT2D eigenvalue weighted by atomic mass is 16.7. The quantitative estimate of drug-likeness (QED) is 0.266. The Labute approximate surface area is 82.1 Å². The highest BCUT2D eigenvalue weighted by molar-refractivity contribution is 5.42. The van der Waals surface area contributed by atoms with Gasteiger partial charge in [0.25, 0.3) is 11.8 Å². The van der Waals surface area contributed by atoms with Crippen LogP contribution in [-0.4, -0.2) is 45.3 Å². The molecule has 0 unspecified atom stereocenters. The minimum Gasteiger partial charge on any atom is -0.343 e. The average Bonchev–Trinajstić information content (AvgIpc) is 2.01. The number of aliphatic imine (C=N–C) groups is 3. The van der Waals surface area contributed by atoms with E-state index in [-0.39, 0.29) is 0 Å².